The highest BCUT2D eigenvalue weighted by atomic mass is 16.6. The second kappa shape index (κ2) is 6.86. The molecule has 1 aromatic carbocycles. The van der Waals surface area contributed by atoms with Crippen LogP contribution in [0.5, 0.6) is 0 Å². The highest BCUT2D eigenvalue weighted by molar-refractivity contribution is 6.04. The highest BCUT2D eigenvalue weighted by Crippen LogP contribution is 2.28. The fraction of sp³-hybridized carbons (Fsp3) is 0.526. The monoisotopic (exact) mass is 344 g/mol. The normalized spacial score (nSPS) is 19.5. The summed E-state index contributed by atoms with van der Waals surface area (Å²) in [6.45, 7) is 3.95. The smallest absolute Gasteiger partial charge is 0.418 e. The molecular weight excluding hydrogens is 320 g/mol. The van der Waals surface area contributed by atoms with E-state index in [2.05, 4.69) is 0 Å². The van der Waals surface area contributed by atoms with E-state index in [1.54, 1.807) is 4.90 Å². The van der Waals surface area contributed by atoms with Crippen molar-refractivity contribution in [1.29, 1.82) is 0 Å². The molecule has 25 heavy (non-hydrogen) atoms. The molecule has 1 aromatic rings. The van der Waals surface area contributed by atoms with Crippen LogP contribution in [0.15, 0.2) is 30.3 Å². The van der Waals surface area contributed by atoms with Crippen molar-refractivity contribution in [3.8, 4) is 0 Å². The highest BCUT2D eigenvalue weighted by Gasteiger charge is 2.48. The Kier molecular flexibility index (Phi) is 4.79. The van der Waals surface area contributed by atoms with Crippen molar-refractivity contribution in [2.45, 2.75) is 45.3 Å². The lowest BCUT2D eigenvalue weighted by Gasteiger charge is -2.33. The molecule has 1 aliphatic carbocycles. The number of cyclic esters (lactones) is 1. The maximum atomic E-state index is 12.8. The van der Waals surface area contributed by atoms with Crippen molar-refractivity contribution in [2.75, 3.05) is 13.1 Å². The van der Waals surface area contributed by atoms with Crippen LogP contribution >= 0.6 is 0 Å². The fourth-order valence-corrected chi connectivity index (χ4v) is 3.14. The molecule has 0 N–H and O–H groups in total. The first-order valence-corrected chi connectivity index (χ1v) is 8.73. The maximum absolute atomic E-state index is 12.8. The van der Waals surface area contributed by atoms with E-state index < -0.39 is 17.6 Å². The largest absolute Gasteiger partial charge is 0.433 e. The van der Waals surface area contributed by atoms with Gasteiger partial charge in [0.25, 0.3) is 5.91 Å². The van der Waals surface area contributed by atoms with Crippen LogP contribution in [0.2, 0.25) is 0 Å². The number of carbonyl (C=O) groups is 3. The Bertz CT molecular complexity index is 667. The SMILES string of the molecule is CC1(C)OC(=O)N(CC(=O)N(Cc2ccccc2)CC2CCC2)C1=O. The Morgan fingerprint density at radius 1 is 1.24 bits per heavy atom. The summed E-state index contributed by atoms with van der Waals surface area (Å²) in [6.07, 6.45) is 2.70. The first kappa shape index (κ1) is 17.5. The molecule has 0 unspecified atom stereocenters. The van der Waals surface area contributed by atoms with Crippen LogP contribution in [0.25, 0.3) is 0 Å². The fourth-order valence-electron chi connectivity index (χ4n) is 3.14. The molecule has 6 heteroatoms. The number of imide groups is 1. The molecule has 1 saturated heterocycles. The molecule has 0 aromatic heterocycles. The van der Waals surface area contributed by atoms with Crippen LogP contribution in [0.1, 0.15) is 38.7 Å². The average molecular weight is 344 g/mol. The van der Waals surface area contributed by atoms with Crippen LogP contribution in [-0.2, 0) is 20.9 Å². The summed E-state index contributed by atoms with van der Waals surface area (Å²) < 4.78 is 5.05. The summed E-state index contributed by atoms with van der Waals surface area (Å²) in [5.41, 5.74) is -0.166. The Labute approximate surface area is 147 Å². The molecule has 2 aliphatic rings. The Morgan fingerprint density at radius 2 is 1.92 bits per heavy atom. The summed E-state index contributed by atoms with van der Waals surface area (Å²) in [4.78, 5) is 39.6. The van der Waals surface area contributed by atoms with E-state index in [0.717, 1.165) is 23.3 Å². The minimum atomic E-state index is -1.20. The first-order valence-electron chi connectivity index (χ1n) is 8.73. The van der Waals surface area contributed by atoms with E-state index in [9.17, 15) is 14.4 Å². The lowest BCUT2D eigenvalue weighted by Crippen LogP contribution is -2.46. The zero-order chi connectivity index (χ0) is 18.0. The van der Waals surface area contributed by atoms with Gasteiger partial charge in [0.05, 0.1) is 0 Å². The molecule has 1 heterocycles. The third-order valence-electron chi connectivity index (χ3n) is 4.89. The van der Waals surface area contributed by atoms with Gasteiger partial charge < -0.3 is 9.64 Å². The standard InChI is InChI=1S/C19H24N2O4/c1-19(2)17(23)21(18(24)25-19)13-16(22)20(12-15-9-6-10-15)11-14-7-4-3-5-8-14/h3-5,7-8,15H,6,9-13H2,1-2H3. The van der Waals surface area contributed by atoms with Gasteiger partial charge in [0, 0.05) is 13.1 Å². The number of hydrogen-bond donors (Lipinski definition) is 0. The van der Waals surface area contributed by atoms with Crippen LogP contribution in [0.3, 0.4) is 0 Å². The number of benzene rings is 1. The lowest BCUT2D eigenvalue weighted by molar-refractivity contribution is -0.140. The second-order valence-corrected chi connectivity index (χ2v) is 7.33. The van der Waals surface area contributed by atoms with Crippen molar-refractivity contribution < 1.29 is 19.1 Å². The van der Waals surface area contributed by atoms with E-state index in [-0.39, 0.29) is 12.5 Å². The molecule has 0 spiro atoms. The summed E-state index contributed by atoms with van der Waals surface area (Å²) in [5, 5.41) is 0. The molecule has 0 radical (unpaired) electrons. The maximum Gasteiger partial charge on any atom is 0.418 e. The van der Waals surface area contributed by atoms with Gasteiger partial charge in [-0.3, -0.25) is 9.59 Å². The topological polar surface area (TPSA) is 66.9 Å². The second-order valence-electron chi connectivity index (χ2n) is 7.33. The Balaban J connectivity index is 1.70. The molecule has 3 rings (SSSR count). The van der Waals surface area contributed by atoms with E-state index in [0.29, 0.717) is 19.0 Å². The summed E-state index contributed by atoms with van der Waals surface area (Å²) in [6, 6.07) is 9.75. The van der Waals surface area contributed by atoms with Gasteiger partial charge >= 0.3 is 6.09 Å². The molecule has 6 nitrogen and oxygen atoms in total. The van der Waals surface area contributed by atoms with E-state index in [1.807, 2.05) is 30.3 Å². The third kappa shape index (κ3) is 3.83. The molecule has 134 valence electrons. The number of carbonyl (C=O) groups excluding carboxylic acids is 3. The van der Waals surface area contributed by atoms with Crippen molar-refractivity contribution in [3.63, 3.8) is 0 Å². The molecular formula is C19H24N2O4. The van der Waals surface area contributed by atoms with Crippen LogP contribution in [-0.4, -0.2) is 46.4 Å². The van der Waals surface area contributed by atoms with Gasteiger partial charge in [0.1, 0.15) is 6.54 Å². The van der Waals surface area contributed by atoms with E-state index in [4.69, 9.17) is 4.74 Å². The average Bonchev–Trinajstić information content (AvgIpc) is 2.72. The number of amides is 3. The number of ether oxygens (including phenoxy) is 1. The van der Waals surface area contributed by atoms with Crippen molar-refractivity contribution in [3.05, 3.63) is 35.9 Å². The van der Waals surface area contributed by atoms with Gasteiger partial charge in [-0.2, -0.15) is 0 Å². The number of hydrogen-bond acceptors (Lipinski definition) is 4. The lowest BCUT2D eigenvalue weighted by atomic mass is 9.85. The van der Waals surface area contributed by atoms with Crippen LogP contribution in [0, 0.1) is 5.92 Å². The summed E-state index contributed by atoms with van der Waals surface area (Å²) in [7, 11) is 0. The van der Waals surface area contributed by atoms with Gasteiger partial charge in [-0.05, 0) is 38.2 Å². The van der Waals surface area contributed by atoms with Crippen molar-refractivity contribution in [1.82, 2.24) is 9.80 Å². The van der Waals surface area contributed by atoms with Crippen LogP contribution < -0.4 is 0 Å². The zero-order valence-electron chi connectivity index (χ0n) is 14.7. The minimum Gasteiger partial charge on any atom is -0.433 e. The van der Waals surface area contributed by atoms with Gasteiger partial charge in [0.2, 0.25) is 5.91 Å². The zero-order valence-corrected chi connectivity index (χ0v) is 14.7. The molecule has 1 saturated carbocycles. The summed E-state index contributed by atoms with van der Waals surface area (Å²) >= 11 is 0. The van der Waals surface area contributed by atoms with Crippen LogP contribution in [0.4, 0.5) is 4.79 Å². The Morgan fingerprint density at radius 3 is 2.44 bits per heavy atom. The molecule has 0 atom stereocenters. The first-order chi connectivity index (χ1) is 11.9. The van der Waals surface area contributed by atoms with Crippen molar-refractivity contribution >= 4 is 17.9 Å². The van der Waals surface area contributed by atoms with Gasteiger partial charge in [0.15, 0.2) is 5.60 Å². The predicted molar refractivity (Wildman–Crippen MR) is 91.5 cm³/mol. The predicted octanol–water partition coefficient (Wildman–Crippen LogP) is 2.57. The number of rotatable bonds is 6. The molecule has 3 amide bonds. The molecule has 2 fully saturated rings. The van der Waals surface area contributed by atoms with Crippen molar-refractivity contribution in [2.24, 2.45) is 5.92 Å². The van der Waals surface area contributed by atoms with E-state index >= 15 is 0 Å². The molecule has 0 bridgehead atoms. The quantitative estimate of drug-likeness (QED) is 0.795. The van der Waals surface area contributed by atoms with E-state index in [1.165, 1.54) is 20.3 Å². The third-order valence-corrected chi connectivity index (χ3v) is 4.89. The van der Waals surface area contributed by atoms with Gasteiger partial charge in [-0.1, -0.05) is 36.8 Å². The van der Waals surface area contributed by atoms with Gasteiger partial charge in [-0.15, -0.1) is 0 Å². The van der Waals surface area contributed by atoms with Gasteiger partial charge in [-0.25, -0.2) is 9.69 Å². The summed E-state index contributed by atoms with van der Waals surface area (Å²) in [5.74, 6) is -0.182. The molecule has 1 aliphatic heterocycles. The minimum absolute atomic E-state index is 0.223. The Hall–Kier alpha value is -2.37. The number of nitrogens with zero attached hydrogens (tertiary/aromatic N) is 2.